The molecule has 5 nitrogen and oxygen atoms in total. The van der Waals surface area contributed by atoms with Crippen LogP contribution in [0.2, 0.25) is 0 Å². The maximum absolute atomic E-state index is 12.1. The summed E-state index contributed by atoms with van der Waals surface area (Å²) < 4.78 is 0. The second-order valence-electron chi connectivity index (χ2n) is 4.52. The van der Waals surface area contributed by atoms with Crippen molar-refractivity contribution in [3.63, 3.8) is 0 Å². The summed E-state index contributed by atoms with van der Waals surface area (Å²) in [7, 11) is 0. The van der Waals surface area contributed by atoms with Crippen LogP contribution >= 0.6 is 0 Å². The molecule has 2 amide bonds. The first-order valence-corrected chi connectivity index (χ1v) is 6.02. The van der Waals surface area contributed by atoms with Crippen LogP contribution < -0.4 is 16.4 Å². The van der Waals surface area contributed by atoms with Gasteiger partial charge in [-0.25, -0.2) is 0 Å². The van der Waals surface area contributed by atoms with Gasteiger partial charge in [0.2, 0.25) is 0 Å². The molecule has 1 aliphatic heterocycles. The van der Waals surface area contributed by atoms with Crippen LogP contribution in [0.3, 0.4) is 0 Å². The van der Waals surface area contributed by atoms with Crippen LogP contribution in [-0.4, -0.2) is 37.4 Å². The third-order valence-electron chi connectivity index (χ3n) is 3.32. The molecule has 0 aromatic carbocycles. The summed E-state index contributed by atoms with van der Waals surface area (Å²) in [5, 5.41) is 5.94. The van der Waals surface area contributed by atoms with Crippen LogP contribution in [0.25, 0.3) is 0 Å². The van der Waals surface area contributed by atoms with Crippen molar-refractivity contribution in [1.29, 1.82) is 0 Å². The van der Waals surface area contributed by atoms with E-state index in [4.69, 9.17) is 5.73 Å². The molecule has 18 heavy (non-hydrogen) atoms. The summed E-state index contributed by atoms with van der Waals surface area (Å²) >= 11 is 0. The van der Waals surface area contributed by atoms with E-state index < -0.39 is 11.4 Å². The fourth-order valence-electron chi connectivity index (χ4n) is 2.17. The molecule has 0 bridgehead atoms. The number of hydrogen-bond acceptors (Lipinski definition) is 3. The van der Waals surface area contributed by atoms with Crippen molar-refractivity contribution >= 4 is 18.7 Å². The van der Waals surface area contributed by atoms with Crippen LogP contribution in [0.5, 0.6) is 0 Å². The summed E-state index contributed by atoms with van der Waals surface area (Å²) in [6.45, 7) is 3.14. The number of carbonyl (C=O) groups excluding carboxylic acids is 2. The second kappa shape index (κ2) is 5.31. The number of nitrogens with two attached hydrogens (primary N) is 1. The molecule has 0 atom stereocenters. The zero-order valence-electron chi connectivity index (χ0n) is 10.1. The number of amides is 2. The molecule has 0 spiro atoms. The van der Waals surface area contributed by atoms with E-state index in [1.165, 1.54) is 0 Å². The zero-order valence-corrected chi connectivity index (χ0v) is 10.1. The van der Waals surface area contributed by atoms with Crippen molar-refractivity contribution in [3.8, 4) is 0 Å². The molecule has 4 N–H and O–H groups in total. The molecular formula is C12H16BN3O2. The summed E-state index contributed by atoms with van der Waals surface area (Å²) in [5.41, 5.74) is 5.07. The van der Waals surface area contributed by atoms with E-state index in [2.05, 4.69) is 10.6 Å². The minimum absolute atomic E-state index is 0.253. The van der Waals surface area contributed by atoms with E-state index in [0.717, 1.165) is 0 Å². The van der Waals surface area contributed by atoms with E-state index in [9.17, 15) is 9.59 Å². The Morgan fingerprint density at radius 2 is 2.11 bits per heavy atom. The molecule has 0 radical (unpaired) electrons. The molecule has 2 heterocycles. The first kappa shape index (κ1) is 12.8. The predicted octanol–water partition coefficient (Wildman–Crippen LogP) is -0.638. The minimum atomic E-state index is -0.918. The van der Waals surface area contributed by atoms with Crippen LogP contribution in [0.1, 0.15) is 23.2 Å². The summed E-state index contributed by atoms with van der Waals surface area (Å²) in [5.74, 6) is 2.83. The topological polar surface area (TPSA) is 84.2 Å². The van der Waals surface area contributed by atoms with Crippen LogP contribution in [0.15, 0.2) is 24.1 Å². The zero-order chi connectivity index (χ0) is 13.0. The molecule has 1 fully saturated rings. The van der Waals surface area contributed by atoms with Crippen molar-refractivity contribution < 1.29 is 9.59 Å². The van der Waals surface area contributed by atoms with Gasteiger partial charge in [-0.15, -0.1) is 0 Å². The van der Waals surface area contributed by atoms with E-state index >= 15 is 0 Å². The van der Waals surface area contributed by atoms with Crippen LogP contribution in [0, 0.1) is 0 Å². The predicted molar refractivity (Wildman–Crippen MR) is 69.3 cm³/mol. The van der Waals surface area contributed by atoms with Gasteiger partial charge in [0.25, 0.3) is 0 Å². The molecule has 1 aromatic heterocycles. The van der Waals surface area contributed by atoms with Gasteiger partial charge in [-0.2, -0.15) is 0 Å². The van der Waals surface area contributed by atoms with Gasteiger partial charge in [-0.05, 0) is 0 Å². The number of hydrogen-bond donors (Lipinski definition) is 3. The van der Waals surface area contributed by atoms with Gasteiger partial charge in [0, 0.05) is 0 Å². The molecule has 2 rings (SSSR count). The van der Waals surface area contributed by atoms with Crippen LogP contribution in [0.4, 0.5) is 0 Å². The van der Waals surface area contributed by atoms with Crippen molar-refractivity contribution in [2.75, 3.05) is 13.1 Å². The Hall–Kier alpha value is -1.69. The third-order valence-corrected chi connectivity index (χ3v) is 3.32. The van der Waals surface area contributed by atoms with Crippen molar-refractivity contribution in [2.24, 2.45) is 5.73 Å². The average molecular weight is 245 g/mol. The molecule has 1 aromatic rings. The Balaban J connectivity index is 2.15. The van der Waals surface area contributed by atoms with E-state index in [-0.39, 0.29) is 5.91 Å². The first-order chi connectivity index (χ1) is 8.64. The van der Waals surface area contributed by atoms with Gasteiger partial charge in [-0.1, -0.05) is 0 Å². The van der Waals surface area contributed by atoms with Crippen LogP contribution in [-0.2, 0) is 4.79 Å². The first-order valence-electron chi connectivity index (χ1n) is 6.02. The van der Waals surface area contributed by atoms with Crippen molar-refractivity contribution in [2.45, 2.75) is 18.4 Å². The summed E-state index contributed by atoms with van der Waals surface area (Å²) in [4.78, 5) is 23.7. The molecule has 1 saturated heterocycles. The molecule has 0 aliphatic carbocycles. The Morgan fingerprint density at radius 3 is 2.67 bits per heavy atom. The molecule has 6 heteroatoms. The molecule has 1 aliphatic rings. The molecule has 94 valence electrons. The van der Waals surface area contributed by atoms with Gasteiger partial charge < -0.3 is 0 Å². The summed E-state index contributed by atoms with van der Waals surface area (Å²) in [6.07, 6.45) is 1.06. The van der Waals surface area contributed by atoms with E-state index in [1.54, 1.807) is 25.0 Å². The number of primary amides is 1. The SMILES string of the molecule is NC(=O)C1(NC(=O)c2cbccc2)CCNCC1. The second-order valence-corrected chi connectivity index (χ2v) is 4.52. The Morgan fingerprint density at radius 1 is 1.39 bits per heavy atom. The van der Waals surface area contributed by atoms with Gasteiger partial charge in [0.15, 0.2) is 0 Å². The average Bonchev–Trinajstić information content (AvgIpc) is 2.40. The third kappa shape index (κ3) is 2.59. The maximum atomic E-state index is 12.1. The molecule has 0 unspecified atom stereocenters. The van der Waals surface area contributed by atoms with Gasteiger partial charge >= 0.3 is 106 Å². The van der Waals surface area contributed by atoms with Gasteiger partial charge in [-0.3, -0.25) is 0 Å². The summed E-state index contributed by atoms with van der Waals surface area (Å²) in [6, 6.07) is 3.50. The fraction of sp³-hybridized carbons (Fsp3) is 0.417. The standard InChI is InChI=1S/C12H16BN3O2/c14-11(18)12(3-6-15-7-4-12)16-10(17)9-2-1-5-13-8-9/h1-2,5,8,15H,3-4,6-7H2,(H2,14,18)(H,16,17). The van der Waals surface area contributed by atoms with Gasteiger partial charge in [0.05, 0.1) is 0 Å². The fourth-order valence-corrected chi connectivity index (χ4v) is 2.17. The van der Waals surface area contributed by atoms with Crippen molar-refractivity contribution in [1.82, 2.24) is 10.6 Å². The molecule has 0 saturated carbocycles. The number of piperidine rings is 1. The van der Waals surface area contributed by atoms with Gasteiger partial charge in [0.1, 0.15) is 0 Å². The Labute approximate surface area is 106 Å². The van der Waals surface area contributed by atoms with E-state index in [1.807, 2.05) is 5.96 Å². The van der Waals surface area contributed by atoms with E-state index in [0.29, 0.717) is 31.5 Å². The number of nitrogens with one attached hydrogen (secondary N) is 2. The Kier molecular flexibility index (Phi) is 3.76. The monoisotopic (exact) mass is 245 g/mol. The van der Waals surface area contributed by atoms with Crippen molar-refractivity contribution in [3.05, 3.63) is 29.6 Å². The number of rotatable bonds is 3. The normalized spacial score (nSPS) is 17.8. The quantitative estimate of drug-likeness (QED) is 0.662. The molecular weight excluding hydrogens is 229 g/mol. The Bertz CT molecular complexity index is 444. The number of carbonyl (C=O) groups is 2.